The van der Waals surface area contributed by atoms with Gasteiger partial charge in [0.15, 0.2) is 0 Å². The van der Waals surface area contributed by atoms with E-state index in [9.17, 15) is 8.42 Å². The molecule has 1 aromatic carbocycles. The maximum atomic E-state index is 12.2. The van der Waals surface area contributed by atoms with E-state index in [1.54, 1.807) is 36.4 Å². The molecular formula is C12H8BrN3O3S2. The van der Waals surface area contributed by atoms with Crippen LogP contribution in [0.2, 0.25) is 0 Å². The van der Waals surface area contributed by atoms with Crippen LogP contribution in [-0.4, -0.2) is 18.6 Å². The van der Waals surface area contributed by atoms with Crippen LogP contribution in [0.4, 0.5) is 5.69 Å². The number of anilines is 1. The third kappa shape index (κ3) is 3.14. The van der Waals surface area contributed by atoms with Crippen molar-refractivity contribution < 1.29 is 12.8 Å². The standard InChI is InChI=1S/C12H8BrN3O3S2/c13-10-4-5-11(20-10)21(17,18)16-9-3-1-2-8(6-9)12-15-14-7-19-12/h1-7,16H. The monoisotopic (exact) mass is 385 g/mol. The minimum absolute atomic E-state index is 0.234. The number of sulfonamides is 1. The first-order valence-electron chi connectivity index (χ1n) is 5.69. The number of rotatable bonds is 4. The number of thiophene rings is 1. The van der Waals surface area contributed by atoms with E-state index in [0.717, 1.165) is 15.1 Å². The van der Waals surface area contributed by atoms with Crippen molar-refractivity contribution in [2.75, 3.05) is 4.72 Å². The van der Waals surface area contributed by atoms with Gasteiger partial charge in [-0.2, -0.15) is 0 Å². The van der Waals surface area contributed by atoms with Gasteiger partial charge in [-0.15, -0.1) is 21.5 Å². The highest BCUT2D eigenvalue weighted by molar-refractivity contribution is 9.11. The van der Waals surface area contributed by atoms with Gasteiger partial charge in [-0.25, -0.2) is 8.42 Å². The molecule has 0 aliphatic heterocycles. The number of halogens is 1. The molecule has 1 N–H and O–H groups in total. The van der Waals surface area contributed by atoms with Crippen molar-refractivity contribution in [1.29, 1.82) is 0 Å². The summed E-state index contributed by atoms with van der Waals surface area (Å²) in [4.78, 5) is 0. The van der Waals surface area contributed by atoms with Gasteiger partial charge in [-0.05, 0) is 46.3 Å². The summed E-state index contributed by atoms with van der Waals surface area (Å²) < 4.78 is 33.1. The fourth-order valence-corrected chi connectivity index (χ4v) is 4.72. The lowest BCUT2D eigenvalue weighted by Gasteiger charge is -2.06. The van der Waals surface area contributed by atoms with E-state index in [1.807, 2.05) is 0 Å². The number of nitrogens with one attached hydrogen (secondary N) is 1. The van der Waals surface area contributed by atoms with Crippen LogP contribution in [-0.2, 0) is 10.0 Å². The summed E-state index contributed by atoms with van der Waals surface area (Å²) in [6.45, 7) is 0. The lowest BCUT2D eigenvalue weighted by atomic mass is 10.2. The Kier molecular flexibility index (Phi) is 3.79. The van der Waals surface area contributed by atoms with Crippen LogP contribution >= 0.6 is 27.3 Å². The summed E-state index contributed by atoms with van der Waals surface area (Å²) in [5, 5.41) is 7.38. The largest absolute Gasteiger partial charge is 0.423 e. The van der Waals surface area contributed by atoms with Crippen molar-refractivity contribution in [3.8, 4) is 11.5 Å². The highest BCUT2D eigenvalue weighted by atomic mass is 79.9. The second kappa shape index (κ2) is 5.58. The van der Waals surface area contributed by atoms with Gasteiger partial charge in [0.2, 0.25) is 12.3 Å². The number of hydrogen-bond acceptors (Lipinski definition) is 6. The Hall–Kier alpha value is -1.71. The molecule has 108 valence electrons. The third-order valence-corrected chi connectivity index (χ3v) is 6.03. The average Bonchev–Trinajstić information content (AvgIpc) is 3.09. The molecule has 0 bridgehead atoms. The van der Waals surface area contributed by atoms with Crippen LogP contribution in [0.3, 0.4) is 0 Å². The van der Waals surface area contributed by atoms with Crippen LogP contribution in [0.15, 0.2) is 55.2 Å². The lowest BCUT2D eigenvalue weighted by Crippen LogP contribution is -2.11. The van der Waals surface area contributed by atoms with Gasteiger partial charge in [-0.1, -0.05) is 6.07 Å². The molecule has 0 saturated carbocycles. The van der Waals surface area contributed by atoms with Crippen molar-refractivity contribution in [2.24, 2.45) is 0 Å². The molecule has 0 saturated heterocycles. The maximum absolute atomic E-state index is 12.2. The zero-order chi connectivity index (χ0) is 14.9. The Morgan fingerprint density at radius 1 is 1.24 bits per heavy atom. The van der Waals surface area contributed by atoms with Crippen LogP contribution in [0.5, 0.6) is 0 Å². The normalized spacial score (nSPS) is 11.5. The molecule has 3 aromatic rings. The van der Waals surface area contributed by atoms with Crippen molar-refractivity contribution in [3.05, 3.63) is 46.6 Å². The molecular weight excluding hydrogens is 378 g/mol. The molecule has 6 nitrogen and oxygen atoms in total. The first-order chi connectivity index (χ1) is 10.0. The average molecular weight is 386 g/mol. The smallest absolute Gasteiger partial charge is 0.271 e. The highest BCUT2D eigenvalue weighted by Crippen LogP contribution is 2.28. The number of hydrogen-bond donors (Lipinski definition) is 1. The summed E-state index contributed by atoms with van der Waals surface area (Å²) in [5.41, 5.74) is 1.07. The van der Waals surface area contributed by atoms with E-state index >= 15 is 0 Å². The fraction of sp³-hybridized carbons (Fsp3) is 0. The summed E-state index contributed by atoms with van der Waals surface area (Å²) in [7, 11) is -3.61. The van der Waals surface area contributed by atoms with Gasteiger partial charge in [-0.3, -0.25) is 4.72 Å². The molecule has 0 amide bonds. The summed E-state index contributed by atoms with van der Waals surface area (Å²) in [6, 6.07) is 9.98. The molecule has 9 heteroatoms. The van der Waals surface area contributed by atoms with Gasteiger partial charge in [0.1, 0.15) is 4.21 Å². The molecule has 0 fully saturated rings. The molecule has 0 unspecified atom stereocenters. The van der Waals surface area contributed by atoms with Crippen LogP contribution < -0.4 is 4.72 Å². The Balaban J connectivity index is 1.90. The first kappa shape index (κ1) is 14.2. The summed E-state index contributed by atoms with van der Waals surface area (Å²) in [5.74, 6) is 0.329. The molecule has 2 heterocycles. The molecule has 0 aliphatic rings. The second-order valence-electron chi connectivity index (χ2n) is 3.99. The SMILES string of the molecule is O=S(=O)(Nc1cccc(-c2nnco2)c1)c1ccc(Br)s1. The van der Waals surface area contributed by atoms with Crippen LogP contribution in [0, 0.1) is 0 Å². The van der Waals surface area contributed by atoms with E-state index in [1.165, 1.54) is 6.39 Å². The minimum atomic E-state index is -3.61. The van der Waals surface area contributed by atoms with Gasteiger partial charge in [0, 0.05) is 11.3 Å². The number of benzene rings is 1. The molecule has 2 aromatic heterocycles. The Labute approximate surface area is 133 Å². The zero-order valence-electron chi connectivity index (χ0n) is 10.4. The quantitative estimate of drug-likeness (QED) is 0.743. The second-order valence-corrected chi connectivity index (χ2v) is 8.36. The van der Waals surface area contributed by atoms with Gasteiger partial charge in [0.05, 0.1) is 3.79 Å². The van der Waals surface area contributed by atoms with Crippen molar-refractivity contribution in [2.45, 2.75) is 4.21 Å². The Morgan fingerprint density at radius 2 is 2.10 bits per heavy atom. The molecule has 0 aliphatic carbocycles. The predicted octanol–water partition coefficient (Wildman–Crippen LogP) is 3.36. The van der Waals surface area contributed by atoms with E-state index in [-0.39, 0.29) is 4.21 Å². The van der Waals surface area contributed by atoms with E-state index in [0.29, 0.717) is 17.1 Å². The van der Waals surface area contributed by atoms with Crippen molar-refractivity contribution in [3.63, 3.8) is 0 Å². The number of nitrogens with zero attached hydrogens (tertiary/aromatic N) is 2. The predicted molar refractivity (Wildman–Crippen MR) is 82.6 cm³/mol. The highest BCUT2D eigenvalue weighted by Gasteiger charge is 2.17. The molecule has 0 atom stereocenters. The first-order valence-corrected chi connectivity index (χ1v) is 8.79. The molecule has 3 rings (SSSR count). The minimum Gasteiger partial charge on any atom is -0.423 e. The maximum Gasteiger partial charge on any atom is 0.271 e. The number of aromatic nitrogens is 2. The molecule has 0 radical (unpaired) electrons. The summed E-state index contributed by atoms with van der Waals surface area (Å²) >= 11 is 4.39. The molecule has 21 heavy (non-hydrogen) atoms. The fourth-order valence-electron chi connectivity index (χ4n) is 1.66. The Morgan fingerprint density at radius 3 is 2.76 bits per heavy atom. The van der Waals surface area contributed by atoms with Crippen LogP contribution in [0.1, 0.15) is 0 Å². The van der Waals surface area contributed by atoms with Crippen LogP contribution in [0.25, 0.3) is 11.5 Å². The lowest BCUT2D eigenvalue weighted by molar-refractivity contribution is 0.568. The summed E-state index contributed by atoms with van der Waals surface area (Å²) in [6.07, 6.45) is 1.22. The van der Waals surface area contributed by atoms with E-state index < -0.39 is 10.0 Å². The Bertz CT molecular complexity index is 860. The zero-order valence-corrected chi connectivity index (χ0v) is 13.6. The van der Waals surface area contributed by atoms with Gasteiger partial charge < -0.3 is 4.42 Å². The van der Waals surface area contributed by atoms with Gasteiger partial charge in [0.25, 0.3) is 10.0 Å². The van der Waals surface area contributed by atoms with E-state index in [4.69, 9.17) is 4.42 Å². The molecule has 0 spiro atoms. The van der Waals surface area contributed by atoms with Gasteiger partial charge >= 0.3 is 0 Å². The van der Waals surface area contributed by atoms with Crippen molar-refractivity contribution in [1.82, 2.24) is 10.2 Å². The third-order valence-electron chi connectivity index (χ3n) is 2.54. The van der Waals surface area contributed by atoms with E-state index in [2.05, 4.69) is 30.8 Å². The topological polar surface area (TPSA) is 85.1 Å². The van der Waals surface area contributed by atoms with Crippen molar-refractivity contribution >= 4 is 43.0 Å².